The summed E-state index contributed by atoms with van der Waals surface area (Å²) in [6, 6.07) is 6.76. The molecule has 7 heteroatoms. The standard InChI is InChI=1S/C14H18ClNO5/c1-14(2,21-11-5-3-4-10(15)8-11)13(19)16-6-7-20-9-12(17)18/h3-5,8H,6-7,9H2,1-2H3,(H,16,19)(H,17,18). The maximum atomic E-state index is 12.0. The van der Waals surface area contributed by atoms with Crippen LogP contribution in [-0.4, -0.2) is 42.3 Å². The topological polar surface area (TPSA) is 84.9 Å². The van der Waals surface area contributed by atoms with Gasteiger partial charge in [0.25, 0.3) is 5.91 Å². The summed E-state index contributed by atoms with van der Waals surface area (Å²) in [4.78, 5) is 22.3. The molecule has 0 bridgehead atoms. The Labute approximate surface area is 128 Å². The molecule has 0 saturated heterocycles. The number of hydrogen-bond donors (Lipinski definition) is 2. The van der Waals surface area contributed by atoms with Crippen molar-refractivity contribution >= 4 is 23.5 Å². The van der Waals surface area contributed by atoms with Crippen molar-refractivity contribution in [2.24, 2.45) is 0 Å². The molecule has 0 aromatic heterocycles. The van der Waals surface area contributed by atoms with E-state index in [-0.39, 0.29) is 19.1 Å². The Morgan fingerprint density at radius 1 is 1.38 bits per heavy atom. The lowest BCUT2D eigenvalue weighted by Crippen LogP contribution is -2.47. The zero-order chi connectivity index (χ0) is 15.9. The minimum Gasteiger partial charge on any atom is -0.480 e. The van der Waals surface area contributed by atoms with Gasteiger partial charge in [-0.1, -0.05) is 17.7 Å². The lowest BCUT2D eigenvalue weighted by Gasteiger charge is -2.25. The number of benzene rings is 1. The molecule has 2 N–H and O–H groups in total. The Kier molecular flexibility index (Phi) is 6.45. The first kappa shape index (κ1) is 17.3. The molecule has 0 aliphatic rings. The van der Waals surface area contributed by atoms with Gasteiger partial charge < -0.3 is 19.9 Å². The number of carboxylic acids is 1. The van der Waals surface area contributed by atoms with Crippen molar-refractivity contribution in [2.45, 2.75) is 19.4 Å². The number of hydrogen-bond acceptors (Lipinski definition) is 4. The van der Waals surface area contributed by atoms with Crippen LogP contribution in [0.25, 0.3) is 0 Å². The van der Waals surface area contributed by atoms with E-state index < -0.39 is 18.2 Å². The summed E-state index contributed by atoms with van der Waals surface area (Å²) < 4.78 is 10.4. The van der Waals surface area contributed by atoms with Gasteiger partial charge in [-0.05, 0) is 32.0 Å². The second-order valence-electron chi connectivity index (χ2n) is 4.77. The number of amides is 1. The number of ether oxygens (including phenoxy) is 2. The summed E-state index contributed by atoms with van der Waals surface area (Å²) >= 11 is 5.85. The molecule has 0 saturated carbocycles. The minimum absolute atomic E-state index is 0.116. The molecule has 0 fully saturated rings. The second-order valence-corrected chi connectivity index (χ2v) is 5.21. The van der Waals surface area contributed by atoms with Gasteiger partial charge in [0.15, 0.2) is 5.60 Å². The van der Waals surface area contributed by atoms with Crippen LogP contribution >= 0.6 is 11.6 Å². The smallest absolute Gasteiger partial charge is 0.329 e. The molecule has 0 atom stereocenters. The molecule has 0 aliphatic carbocycles. The number of carbonyl (C=O) groups is 2. The maximum Gasteiger partial charge on any atom is 0.329 e. The van der Waals surface area contributed by atoms with Gasteiger partial charge in [0, 0.05) is 11.6 Å². The van der Waals surface area contributed by atoms with Crippen LogP contribution in [0.2, 0.25) is 5.02 Å². The summed E-state index contributed by atoms with van der Waals surface area (Å²) in [6.07, 6.45) is 0. The third-order valence-electron chi connectivity index (χ3n) is 2.47. The van der Waals surface area contributed by atoms with Gasteiger partial charge in [0.1, 0.15) is 12.4 Å². The molecule has 1 amide bonds. The molecule has 116 valence electrons. The van der Waals surface area contributed by atoms with E-state index in [9.17, 15) is 9.59 Å². The molecule has 0 unspecified atom stereocenters. The van der Waals surface area contributed by atoms with Gasteiger partial charge >= 0.3 is 5.97 Å². The Hall–Kier alpha value is -1.79. The summed E-state index contributed by atoms with van der Waals surface area (Å²) in [5.41, 5.74) is -1.09. The first-order valence-electron chi connectivity index (χ1n) is 6.33. The Balaban J connectivity index is 2.42. The summed E-state index contributed by atoms with van der Waals surface area (Å²) in [5.74, 6) is -0.892. The van der Waals surface area contributed by atoms with Crippen LogP contribution in [0.3, 0.4) is 0 Å². The SMILES string of the molecule is CC(C)(Oc1cccc(Cl)c1)C(=O)NCCOCC(=O)O. The van der Waals surface area contributed by atoms with Gasteiger partial charge in [-0.2, -0.15) is 0 Å². The minimum atomic E-state index is -1.09. The summed E-state index contributed by atoms with van der Waals surface area (Å²) in [7, 11) is 0. The molecule has 1 aromatic carbocycles. The van der Waals surface area contributed by atoms with Gasteiger partial charge in [0.05, 0.1) is 6.61 Å². The van der Waals surface area contributed by atoms with Crippen LogP contribution in [0.5, 0.6) is 5.75 Å². The zero-order valence-electron chi connectivity index (χ0n) is 11.9. The monoisotopic (exact) mass is 315 g/mol. The van der Waals surface area contributed by atoms with E-state index in [0.29, 0.717) is 10.8 Å². The number of rotatable bonds is 8. The number of carboxylic acid groups (broad SMARTS) is 1. The lowest BCUT2D eigenvalue weighted by molar-refractivity contribution is -0.142. The maximum absolute atomic E-state index is 12.0. The largest absolute Gasteiger partial charge is 0.480 e. The van der Waals surface area contributed by atoms with Crippen molar-refractivity contribution < 1.29 is 24.2 Å². The molecule has 0 aliphatic heterocycles. The van der Waals surface area contributed by atoms with E-state index in [2.05, 4.69) is 5.32 Å². The molecule has 0 heterocycles. The fourth-order valence-corrected chi connectivity index (χ4v) is 1.66. The Morgan fingerprint density at radius 3 is 2.71 bits per heavy atom. The summed E-state index contributed by atoms with van der Waals surface area (Å²) in [6.45, 7) is 3.18. The van der Waals surface area contributed by atoms with E-state index in [1.54, 1.807) is 38.1 Å². The average molecular weight is 316 g/mol. The highest BCUT2D eigenvalue weighted by Crippen LogP contribution is 2.22. The van der Waals surface area contributed by atoms with Crippen molar-refractivity contribution in [3.05, 3.63) is 29.3 Å². The fraction of sp³-hybridized carbons (Fsp3) is 0.429. The number of aliphatic carboxylic acids is 1. The van der Waals surface area contributed by atoms with Gasteiger partial charge in [-0.15, -0.1) is 0 Å². The molecule has 1 aromatic rings. The molecule has 0 radical (unpaired) electrons. The van der Waals surface area contributed by atoms with Crippen LogP contribution in [0.15, 0.2) is 24.3 Å². The Bertz CT molecular complexity index is 504. The van der Waals surface area contributed by atoms with Crippen molar-refractivity contribution in [1.82, 2.24) is 5.32 Å². The first-order chi connectivity index (χ1) is 9.81. The first-order valence-corrected chi connectivity index (χ1v) is 6.71. The van der Waals surface area contributed by atoms with Crippen LogP contribution in [0, 0.1) is 0 Å². The second kappa shape index (κ2) is 7.85. The molecular formula is C14H18ClNO5. The van der Waals surface area contributed by atoms with Crippen molar-refractivity contribution in [2.75, 3.05) is 19.8 Å². The highest BCUT2D eigenvalue weighted by molar-refractivity contribution is 6.30. The number of halogens is 1. The molecule has 6 nitrogen and oxygen atoms in total. The number of carbonyl (C=O) groups excluding carboxylic acids is 1. The third-order valence-corrected chi connectivity index (χ3v) is 2.71. The van der Waals surface area contributed by atoms with E-state index in [1.165, 1.54) is 0 Å². The van der Waals surface area contributed by atoms with E-state index in [0.717, 1.165) is 0 Å². The number of nitrogens with one attached hydrogen (secondary N) is 1. The highest BCUT2D eigenvalue weighted by atomic mass is 35.5. The van der Waals surface area contributed by atoms with Gasteiger partial charge in [-0.25, -0.2) is 4.79 Å². The lowest BCUT2D eigenvalue weighted by atomic mass is 10.1. The normalized spacial score (nSPS) is 11.0. The van der Waals surface area contributed by atoms with Crippen molar-refractivity contribution in [3.8, 4) is 5.75 Å². The highest BCUT2D eigenvalue weighted by Gasteiger charge is 2.29. The fourth-order valence-electron chi connectivity index (χ4n) is 1.48. The van der Waals surface area contributed by atoms with Crippen LogP contribution in [-0.2, 0) is 14.3 Å². The summed E-state index contributed by atoms with van der Waals surface area (Å²) in [5, 5.41) is 11.5. The third kappa shape index (κ3) is 6.46. The average Bonchev–Trinajstić information content (AvgIpc) is 2.37. The van der Waals surface area contributed by atoms with Gasteiger partial charge in [0.2, 0.25) is 0 Å². The van der Waals surface area contributed by atoms with Crippen LogP contribution < -0.4 is 10.1 Å². The van der Waals surface area contributed by atoms with Crippen molar-refractivity contribution in [3.63, 3.8) is 0 Å². The quantitative estimate of drug-likeness (QED) is 0.713. The van der Waals surface area contributed by atoms with E-state index in [4.69, 9.17) is 26.2 Å². The molecule has 1 rings (SSSR count). The molecule has 0 spiro atoms. The predicted octanol–water partition coefficient (Wildman–Crippen LogP) is 1.71. The molecule has 21 heavy (non-hydrogen) atoms. The van der Waals surface area contributed by atoms with E-state index in [1.807, 2.05) is 0 Å². The van der Waals surface area contributed by atoms with E-state index >= 15 is 0 Å². The predicted molar refractivity (Wildman–Crippen MR) is 77.6 cm³/mol. The van der Waals surface area contributed by atoms with Crippen molar-refractivity contribution in [1.29, 1.82) is 0 Å². The zero-order valence-corrected chi connectivity index (χ0v) is 12.6. The van der Waals surface area contributed by atoms with Gasteiger partial charge in [-0.3, -0.25) is 4.79 Å². The Morgan fingerprint density at radius 2 is 2.10 bits per heavy atom. The van der Waals surface area contributed by atoms with Crippen LogP contribution in [0.4, 0.5) is 0 Å². The molecular weight excluding hydrogens is 298 g/mol. The van der Waals surface area contributed by atoms with Crippen LogP contribution in [0.1, 0.15) is 13.8 Å².